The zero-order valence-corrected chi connectivity index (χ0v) is 22.9. The van der Waals surface area contributed by atoms with Crippen LogP contribution in [0.4, 0.5) is 4.39 Å². The molecule has 0 radical (unpaired) electrons. The molecule has 4 aromatic rings. The molecule has 0 aliphatic heterocycles. The maximum atomic E-state index is 17.8. The lowest BCUT2D eigenvalue weighted by Crippen LogP contribution is -2.47. The Morgan fingerprint density at radius 1 is 0.641 bits per heavy atom. The van der Waals surface area contributed by atoms with E-state index in [0.717, 1.165) is 0 Å². The van der Waals surface area contributed by atoms with E-state index in [0.29, 0.717) is 17.1 Å². The van der Waals surface area contributed by atoms with Gasteiger partial charge in [0.15, 0.2) is 0 Å². The highest BCUT2D eigenvalue weighted by Gasteiger charge is 2.62. The van der Waals surface area contributed by atoms with Crippen molar-refractivity contribution in [1.82, 2.24) is 0 Å². The zero-order chi connectivity index (χ0) is 28.1. The molecular weight excluding hydrogens is 539 g/mol. The smallest absolute Gasteiger partial charge is 0.327 e. The molecule has 0 saturated carbocycles. The number of alkyl halides is 1. The normalized spacial score (nSPS) is 13.2. The van der Waals surface area contributed by atoms with Gasteiger partial charge >= 0.3 is 4.33 Å². The first-order valence-corrected chi connectivity index (χ1v) is 14.9. The molecular formula is C30H27FO6S2. The Hall–Kier alpha value is -3.95. The van der Waals surface area contributed by atoms with E-state index in [-0.39, 0.29) is 5.56 Å². The molecule has 0 N–H and O–H groups in total. The number of hydrogen-bond acceptors (Lipinski definition) is 6. The third-order valence-electron chi connectivity index (χ3n) is 6.28. The van der Waals surface area contributed by atoms with Gasteiger partial charge in [-0.15, -0.1) is 0 Å². The van der Waals surface area contributed by atoms with Gasteiger partial charge in [0.2, 0.25) is 19.7 Å². The summed E-state index contributed by atoms with van der Waals surface area (Å²) in [6.07, 6.45) is 2.76. The second-order valence-corrected chi connectivity index (χ2v) is 13.0. The van der Waals surface area contributed by atoms with Crippen molar-refractivity contribution in [3.05, 3.63) is 126 Å². The van der Waals surface area contributed by atoms with E-state index in [1.807, 2.05) is 0 Å². The standard InChI is InChI=1S/C30H27FO6S2/c1-36-25-18-13-23(14-19-25)15-22-29(24-16-20-26(37-2)21-17-24)30(31,38(32,33)27-9-5-3-6-10-27)39(34,35)28-11-7-4-8-12-28/h3-22,29H,1-2H3/b22-15+/t29-/m1/s1. The van der Waals surface area contributed by atoms with Crippen LogP contribution in [0, 0.1) is 0 Å². The van der Waals surface area contributed by atoms with Crippen molar-refractivity contribution in [2.45, 2.75) is 20.0 Å². The van der Waals surface area contributed by atoms with Crippen LogP contribution in [0.5, 0.6) is 11.5 Å². The quantitative estimate of drug-likeness (QED) is 0.232. The lowest BCUT2D eigenvalue weighted by atomic mass is 9.98. The third kappa shape index (κ3) is 5.32. The van der Waals surface area contributed by atoms with E-state index < -0.39 is 39.7 Å². The molecule has 0 amide bonds. The number of halogens is 1. The van der Waals surface area contributed by atoms with E-state index in [4.69, 9.17) is 9.47 Å². The molecule has 0 heterocycles. The Labute approximate surface area is 228 Å². The number of hydrogen-bond donors (Lipinski definition) is 0. The first kappa shape index (κ1) is 28.1. The number of ether oxygens (including phenoxy) is 2. The fourth-order valence-electron chi connectivity index (χ4n) is 4.16. The Balaban J connectivity index is 2.01. The molecule has 39 heavy (non-hydrogen) atoms. The minimum Gasteiger partial charge on any atom is -0.497 e. The second-order valence-electron chi connectivity index (χ2n) is 8.60. The van der Waals surface area contributed by atoms with Gasteiger partial charge in [0.25, 0.3) is 0 Å². The van der Waals surface area contributed by atoms with Crippen LogP contribution in [-0.2, 0) is 19.7 Å². The predicted octanol–water partition coefficient (Wildman–Crippen LogP) is 6.07. The molecule has 4 rings (SSSR count). The Morgan fingerprint density at radius 2 is 1.05 bits per heavy atom. The monoisotopic (exact) mass is 566 g/mol. The van der Waals surface area contributed by atoms with E-state index in [1.165, 1.54) is 99.2 Å². The van der Waals surface area contributed by atoms with Crippen LogP contribution in [0.25, 0.3) is 6.08 Å². The van der Waals surface area contributed by atoms with Gasteiger partial charge in [0, 0.05) is 0 Å². The Bertz CT molecular complexity index is 1570. The number of methoxy groups -OCH3 is 2. The van der Waals surface area contributed by atoms with Crippen LogP contribution in [0.3, 0.4) is 0 Å². The highest BCUT2D eigenvalue weighted by atomic mass is 32.3. The van der Waals surface area contributed by atoms with Gasteiger partial charge in [0.05, 0.1) is 29.9 Å². The molecule has 1 atom stereocenters. The summed E-state index contributed by atoms with van der Waals surface area (Å²) < 4.78 is 80.7. The van der Waals surface area contributed by atoms with E-state index in [2.05, 4.69) is 0 Å². The Morgan fingerprint density at radius 3 is 1.46 bits per heavy atom. The summed E-state index contributed by atoms with van der Waals surface area (Å²) in [6.45, 7) is 0. The van der Waals surface area contributed by atoms with Crippen LogP contribution < -0.4 is 9.47 Å². The largest absolute Gasteiger partial charge is 0.497 e. The summed E-state index contributed by atoms with van der Waals surface area (Å²) >= 11 is 0. The third-order valence-corrected chi connectivity index (χ3v) is 11.4. The number of sulfone groups is 2. The lowest BCUT2D eigenvalue weighted by molar-refractivity contribution is 0.331. The molecule has 0 fully saturated rings. The summed E-state index contributed by atoms with van der Waals surface area (Å²) in [7, 11) is -7.31. The molecule has 0 saturated heterocycles. The number of allylic oxidation sites excluding steroid dienone is 1. The number of rotatable bonds is 10. The molecule has 0 aliphatic rings. The average molecular weight is 567 g/mol. The molecule has 0 spiro atoms. The maximum Gasteiger partial charge on any atom is 0.327 e. The van der Waals surface area contributed by atoms with Gasteiger partial charge in [-0.1, -0.05) is 72.8 Å². The van der Waals surface area contributed by atoms with Crippen molar-refractivity contribution < 1.29 is 30.7 Å². The van der Waals surface area contributed by atoms with Crippen molar-refractivity contribution in [2.24, 2.45) is 0 Å². The first-order valence-electron chi connectivity index (χ1n) is 11.9. The zero-order valence-electron chi connectivity index (χ0n) is 21.3. The highest BCUT2D eigenvalue weighted by Crippen LogP contribution is 2.48. The molecule has 0 bridgehead atoms. The Kier molecular flexibility index (Phi) is 8.22. The molecule has 9 heteroatoms. The van der Waals surface area contributed by atoms with Gasteiger partial charge < -0.3 is 9.47 Å². The fraction of sp³-hybridized carbons (Fsp3) is 0.133. The van der Waals surface area contributed by atoms with E-state index >= 15 is 4.39 Å². The van der Waals surface area contributed by atoms with Crippen molar-refractivity contribution in [2.75, 3.05) is 14.2 Å². The predicted molar refractivity (Wildman–Crippen MR) is 149 cm³/mol. The van der Waals surface area contributed by atoms with E-state index in [9.17, 15) is 16.8 Å². The SMILES string of the molecule is COc1ccc(/C=C/[C@H](c2ccc(OC)cc2)C(F)(S(=O)(=O)c2ccccc2)S(=O)(=O)c2ccccc2)cc1. The number of benzene rings is 4. The lowest BCUT2D eigenvalue weighted by Gasteiger charge is -2.32. The van der Waals surface area contributed by atoms with Crippen molar-refractivity contribution in [3.63, 3.8) is 0 Å². The fourth-order valence-corrected chi connectivity index (χ4v) is 8.66. The van der Waals surface area contributed by atoms with Gasteiger partial charge in [-0.3, -0.25) is 0 Å². The van der Waals surface area contributed by atoms with Crippen LogP contribution in [0.1, 0.15) is 17.0 Å². The van der Waals surface area contributed by atoms with Gasteiger partial charge in [-0.2, -0.15) is 0 Å². The summed E-state index contributed by atoms with van der Waals surface area (Å²) in [5.41, 5.74) is 0.716. The second kappa shape index (κ2) is 11.4. The van der Waals surface area contributed by atoms with Crippen LogP contribution in [0.2, 0.25) is 0 Å². The molecule has 6 nitrogen and oxygen atoms in total. The van der Waals surface area contributed by atoms with Crippen molar-refractivity contribution >= 4 is 25.8 Å². The van der Waals surface area contributed by atoms with Gasteiger partial charge in [-0.05, 0) is 59.7 Å². The minimum atomic E-state index is -5.14. The average Bonchev–Trinajstić information content (AvgIpc) is 2.98. The molecule has 0 unspecified atom stereocenters. The van der Waals surface area contributed by atoms with Crippen LogP contribution in [0.15, 0.2) is 125 Å². The highest BCUT2D eigenvalue weighted by molar-refractivity contribution is 8.10. The first-order chi connectivity index (χ1) is 18.6. The molecule has 4 aromatic carbocycles. The molecule has 0 aliphatic carbocycles. The minimum absolute atomic E-state index is 0.127. The maximum absolute atomic E-state index is 17.8. The van der Waals surface area contributed by atoms with Crippen LogP contribution >= 0.6 is 0 Å². The van der Waals surface area contributed by atoms with Crippen molar-refractivity contribution in [1.29, 1.82) is 0 Å². The summed E-state index contributed by atoms with van der Waals surface area (Å²) in [4.78, 5) is -0.910. The van der Waals surface area contributed by atoms with Gasteiger partial charge in [0.1, 0.15) is 11.5 Å². The van der Waals surface area contributed by atoms with Crippen molar-refractivity contribution in [3.8, 4) is 11.5 Å². The molecule has 202 valence electrons. The topological polar surface area (TPSA) is 86.7 Å². The summed E-state index contributed by atoms with van der Waals surface area (Å²) in [6, 6.07) is 26.2. The summed E-state index contributed by atoms with van der Waals surface area (Å²) in [5, 5.41) is 0. The van der Waals surface area contributed by atoms with E-state index in [1.54, 1.807) is 36.4 Å². The van der Waals surface area contributed by atoms with Crippen LogP contribution in [-0.4, -0.2) is 35.4 Å². The van der Waals surface area contributed by atoms with Gasteiger partial charge in [-0.25, -0.2) is 21.2 Å². The molecule has 0 aromatic heterocycles. The summed E-state index contributed by atoms with van der Waals surface area (Å²) in [5.74, 6) is -0.726.